The molecule has 0 fully saturated rings. The summed E-state index contributed by atoms with van der Waals surface area (Å²) in [4.78, 5) is 17.7. The van der Waals surface area contributed by atoms with E-state index in [0.717, 1.165) is 28.0 Å². The van der Waals surface area contributed by atoms with Crippen LogP contribution >= 0.6 is 11.3 Å². The number of aryl methyl sites for hydroxylation is 1. The van der Waals surface area contributed by atoms with Crippen LogP contribution in [0, 0.1) is 0 Å². The summed E-state index contributed by atoms with van der Waals surface area (Å²) in [6.07, 6.45) is 1.29. The molecule has 6 heteroatoms. The molecule has 3 rings (SSSR count). The average Bonchev–Trinajstić information content (AvgIpc) is 3.04. The number of thiazole rings is 1. The Morgan fingerprint density at radius 1 is 1.11 bits per heavy atom. The van der Waals surface area contributed by atoms with Crippen molar-refractivity contribution in [1.82, 2.24) is 4.57 Å². The first-order valence-electron chi connectivity index (χ1n) is 9.55. The maximum Gasteiger partial charge on any atom is 0.252 e. The lowest BCUT2D eigenvalue weighted by Crippen LogP contribution is -2.20. The number of hydrogen-bond acceptors (Lipinski definition) is 4. The Bertz CT molecular complexity index is 1000. The molecule has 5 nitrogen and oxygen atoms in total. The highest BCUT2D eigenvalue weighted by Gasteiger charge is 2.10. The van der Waals surface area contributed by atoms with Gasteiger partial charge < -0.3 is 14.0 Å². The minimum absolute atomic E-state index is 0.145. The Labute approximate surface area is 169 Å². The van der Waals surface area contributed by atoms with E-state index >= 15 is 0 Å². The van der Waals surface area contributed by atoms with Gasteiger partial charge in [0, 0.05) is 13.2 Å². The van der Waals surface area contributed by atoms with Crippen molar-refractivity contribution in [2.45, 2.75) is 33.2 Å². The van der Waals surface area contributed by atoms with Crippen molar-refractivity contribution in [1.29, 1.82) is 0 Å². The van der Waals surface area contributed by atoms with E-state index in [0.29, 0.717) is 31.0 Å². The minimum Gasteiger partial charge on any atom is -0.497 e. The first-order chi connectivity index (χ1) is 13.6. The molecule has 0 atom stereocenters. The van der Waals surface area contributed by atoms with Gasteiger partial charge in [0.05, 0.1) is 30.4 Å². The molecule has 0 N–H and O–H groups in total. The number of carbonyl (C=O) groups excluding carboxylic acids is 1. The topological polar surface area (TPSA) is 52.8 Å². The van der Waals surface area contributed by atoms with E-state index in [4.69, 9.17) is 9.47 Å². The third-order valence-corrected chi connectivity index (χ3v) is 5.60. The number of rotatable bonds is 8. The normalized spacial score (nSPS) is 11.9. The number of hydrogen-bond donors (Lipinski definition) is 0. The molecule has 0 radical (unpaired) electrons. The third-order valence-electron chi connectivity index (χ3n) is 4.56. The van der Waals surface area contributed by atoms with Crippen LogP contribution in [0.15, 0.2) is 47.5 Å². The fourth-order valence-electron chi connectivity index (χ4n) is 3.00. The largest absolute Gasteiger partial charge is 0.497 e. The molecule has 148 valence electrons. The summed E-state index contributed by atoms with van der Waals surface area (Å²) >= 11 is 1.50. The van der Waals surface area contributed by atoms with Crippen molar-refractivity contribution >= 4 is 27.5 Å². The Balaban J connectivity index is 1.91. The van der Waals surface area contributed by atoms with Gasteiger partial charge in [-0.15, -0.1) is 0 Å². The number of nitrogens with zero attached hydrogens (tertiary/aromatic N) is 2. The number of aromatic nitrogens is 1. The monoisotopic (exact) mass is 398 g/mol. The maximum atomic E-state index is 12.6. The van der Waals surface area contributed by atoms with Crippen molar-refractivity contribution in [3.8, 4) is 5.75 Å². The highest BCUT2D eigenvalue weighted by molar-refractivity contribution is 7.16. The van der Waals surface area contributed by atoms with Gasteiger partial charge in [-0.2, -0.15) is 4.99 Å². The zero-order valence-corrected chi connectivity index (χ0v) is 17.4. The molecule has 0 aliphatic rings. The first kappa shape index (κ1) is 20.3. The van der Waals surface area contributed by atoms with Crippen LogP contribution in [0.2, 0.25) is 0 Å². The maximum absolute atomic E-state index is 12.6. The SMILES string of the molecule is CCOCCn1c(=NC(=O)Cc2ccc(CC)cc2)sc2cc(OC)ccc21. The summed E-state index contributed by atoms with van der Waals surface area (Å²) in [5.74, 6) is 0.646. The molecule has 2 aromatic carbocycles. The Hall–Kier alpha value is -2.44. The Morgan fingerprint density at radius 3 is 2.54 bits per heavy atom. The van der Waals surface area contributed by atoms with Gasteiger partial charge in [-0.3, -0.25) is 4.79 Å². The summed E-state index contributed by atoms with van der Waals surface area (Å²) < 4.78 is 13.9. The number of carbonyl (C=O) groups is 1. The molecule has 0 unspecified atom stereocenters. The molecular formula is C22H26N2O3S. The van der Waals surface area contributed by atoms with Gasteiger partial charge in [0.25, 0.3) is 5.91 Å². The van der Waals surface area contributed by atoms with Crippen LogP contribution in [0.4, 0.5) is 0 Å². The molecule has 1 amide bonds. The van der Waals surface area contributed by atoms with Crippen LogP contribution in [-0.2, 0) is 28.9 Å². The van der Waals surface area contributed by atoms with Gasteiger partial charge in [-0.1, -0.05) is 42.5 Å². The summed E-state index contributed by atoms with van der Waals surface area (Å²) in [5.41, 5.74) is 3.28. The van der Waals surface area contributed by atoms with E-state index in [1.54, 1.807) is 7.11 Å². The molecule has 0 saturated carbocycles. The standard InChI is InChI=1S/C22H26N2O3S/c1-4-16-6-8-17(9-7-16)14-21(25)23-22-24(12-13-27-5-2)19-11-10-18(26-3)15-20(19)28-22/h6-11,15H,4-5,12-14H2,1-3H3. The lowest BCUT2D eigenvalue weighted by molar-refractivity contribution is -0.117. The summed E-state index contributed by atoms with van der Waals surface area (Å²) in [6.45, 7) is 5.98. The number of fused-ring (bicyclic) bond motifs is 1. The summed E-state index contributed by atoms with van der Waals surface area (Å²) in [5, 5.41) is 0. The van der Waals surface area contributed by atoms with E-state index in [1.807, 2.05) is 41.8 Å². The predicted molar refractivity (Wildman–Crippen MR) is 113 cm³/mol. The van der Waals surface area contributed by atoms with Gasteiger partial charge in [-0.05, 0) is 42.7 Å². The predicted octanol–water partition coefficient (Wildman–Crippen LogP) is 3.98. The lowest BCUT2D eigenvalue weighted by atomic mass is 10.1. The molecular weight excluding hydrogens is 372 g/mol. The van der Waals surface area contributed by atoms with Crippen LogP contribution in [0.25, 0.3) is 10.2 Å². The fourth-order valence-corrected chi connectivity index (χ4v) is 4.10. The number of benzene rings is 2. The van der Waals surface area contributed by atoms with Crippen LogP contribution in [0.1, 0.15) is 25.0 Å². The quantitative estimate of drug-likeness (QED) is 0.539. The average molecular weight is 399 g/mol. The van der Waals surface area contributed by atoms with Crippen molar-refractivity contribution in [2.24, 2.45) is 4.99 Å². The van der Waals surface area contributed by atoms with Gasteiger partial charge in [0.15, 0.2) is 4.80 Å². The zero-order valence-electron chi connectivity index (χ0n) is 16.6. The molecule has 1 heterocycles. The van der Waals surface area contributed by atoms with Gasteiger partial charge >= 0.3 is 0 Å². The second kappa shape index (κ2) is 9.66. The van der Waals surface area contributed by atoms with Gasteiger partial charge in [0.1, 0.15) is 5.75 Å². The highest BCUT2D eigenvalue weighted by Crippen LogP contribution is 2.23. The van der Waals surface area contributed by atoms with E-state index in [2.05, 4.69) is 24.0 Å². The van der Waals surface area contributed by atoms with E-state index in [9.17, 15) is 4.79 Å². The molecule has 28 heavy (non-hydrogen) atoms. The molecule has 3 aromatic rings. The molecule has 0 aliphatic carbocycles. The molecule has 0 aliphatic heterocycles. The second-order valence-corrected chi connectivity index (χ2v) is 7.43. The zero-order chi connectivity index (χ0) is 19.9. The Kier molecular flexibility index (Phi) is 7.01. The summed E-state index contributed by atoms with van der Waals surface area (Å²) in [7, 11) is 1.65. The Morgan fingerprint density at radius 2 is 1.86 bits per heavy atom. The van der Waals surface area contributed by atoms with Crippen LogP contribution < -0.4 is 9.54 Å². The lowest BCUT2D eigenvalue weighted by Gasteiger charge is -2.06. The fraction of sp³-hybridized carbons (Fsp3) is 0.364. The number of ether oxygens (including phenoxy) is 2. The van der Waals surface area contributed by atoms with Gasteiger partial charge in [-0.25, -0.2) is 0 Å². The van der Waals surface area contributed by atoms with E-state index in [-0.39, 0.29) is 5.91 Å². The van der Waals surface area contributed by atoms with Crippen molar-refractivity contribution in [3.63, 3.8) is 0 Å². The van der Waals surface area contributed by atoms with Crippen LogP contribution in [-0.4, -0.2) is 30.8 Å². The van der Waals surface area contributed by atoms with E-state index in [1.165, 1.54) is 16.9 Å². The molecule has 0 spiro atoms. The number of methoxy groups -OCH3 is 1. The van der Waals surface area contributed by atoms with Gasteiger partial charge in [0.2, 0.25) is 0 Å². The van der Waals surface area contributed by atoms with Crippen molar-refractivity contribution in [3.05, 3.63) is 58.4 Å². The number of amides is 1. The van der Waals surface area contributed by atoms with Crippen molar-refractivity contribution in [2.75, 3.05) is 20.3 Å². The minimum atomic E-state index is -0.145. The van der Waals surface area contributed by atoms with Crippen LogP contribution in [0.3, 0.4) is 0 Å². The second-order valence-electron chi connectivity index (χ2n) is 6.42. The molecule has 0 saturated heterocycles. The van der Waals surface area contributed by atoms with Crippen LogP contribution in [0.5, 0.6) is 5.75 Å². The smallest absolute Gasteiger partial charge is 0.252 e. The first-order valence-corrected chi connectivity index (χ1v) is 10.4. The molecule has 1 aromatic heterocycles. The van der Waals surface area contributed by atoms with E-state index < -0.39 is 0 Å². The highest BCUT2D eigenvalue weighted by atomic mass is 32.1. The molecule has 0 bridgehead atoms. The summed E-state index contributed by atoms with van der Waals surface area (Å²) in [6, 6.07) is 14.0. The van der Waals surface area contributed by atoms with Crippen molar-refractivity contribution < 1.29 is 14.3 Å². The third kappa shape index (κ3) is 4.88.